The zero-order valence-corrected chi connectivity index (χ0v) is 21.5. The molecule has 2 aliphatic rings. The molecule has 0 unspecified atom stereocenters. The summed E-state index contributed by atoms with van der Waals surface area (Å²) in [5, 5.41) is 33.3. The van der Waals surface area contributed by atoms with E-state index >= 15 is 0 Å². The number of rotatable bonds is 4. The number of phenolic OH excluding ortho intramolecular Hbond substituents is 1. The summed E-state index contributed by atoms with van der Waals surface area (Å²) < 4.78 is 1.74. The highest BCUT2D eigenvalue weighted by atomic mass is 35.5. The molecular weight excluding hydrogens is 544 g/mol. The van der Waals surface area contributed by atoms with Gasteiger partial charge in [0.05, 0.1) is 26.1 Å². The molecule has 12 heteroatoms. The highest BCUT2D eigenvalue weighted by molar-refractivity contribution is 7.07. The summed E-state index contributed by atoms with van der Waals surface area (Å²) in [5.41, 5.74) is 2.58. The van der Waals surface area contributed by atoms with Crippen LogP contribution in [0.15, 0.2) is 76.0 Å². The summed E-state index contributed by atoms with van der Waals surface area (Å²) in [6.07, 6.45) is 2.78. The third-order valence-corrected chi connectivity index (χ3v) is 8.18. The first-order chi connectivity index (χ1) is 18.7. The first-order valence-electron chi connectivity index (χ1n) is 11.8. The maximum absolute atomic E-state index is 13.8. The number of nitro benzene ring substituents is 2. The largest absolute Gasteiger partial charge is 0.497 e. The lowest BCUT2D eigenvalue weighted by Crippen LogP contribution is -2.38. The van der Waals surface area contributed by atoms with Crippen molar-refractivity contribution < 1.29 is 15.0 Å². The van der Waals surface area contributed by atoms with Gasteiger partial charge in [0.2, 0.25) is 0 Å². The molecule has 1 N–H and O–H groups in total. The van der Waals surface area contributed by atoms with E-state index in [9.17, 15) is 30.1 Å². The van der Waals surface area contributed by atoms with Gasteiger partial charge in [0.15, 0.2) is 4.80 Å². The molecule has 0 saturated heterocycles. The van der Waals surface area contributed by atoms with E-state index in [1.165, 1.54) is 6.08 Å². The molecule has 1 aliphatic heterocycles. The molecule has 1 aromatic heterocycles. The van der Waals surface area contributed by atoms with E-state index in [0.717, 1.165) is 57.9 Å². The molecule has 0 amide bonds. The molecule has 0 spiro atoms. The predicted molar refractivity (Wildman–Crippen MR) is 146 cm³/mol. The first-order valence-corrected chi connectivity index (χ1v) is 13.0. The Morgan fingerprint density at radius 1 is 1.03 bits per heavy atom. The van der Waals surface area contributed by atoms with Crippen molar-refractivity contribution in [1.29, 1.82) is 0 Å². The van der Waals surface area contributed by atoms with Crippen LogP contribution in [-0.4, -0.2) is 19.5 Å². The number of phenols is 1. The molecule has 4 aromatic rings. The van der Waals surface area contributed by atoms with Crippen molar-refractivity contribution in [2.24, 2.45) is 4.99 Å². The first kappa shape index (κ1) is 24.7. The second-order valence-electron chi connectivity index (χ2n) is 9.06. The molecule has 3 aromatic carbocycles. The molecule has 0 fully saturated rings. The highest BCUT2D eigenvalue weighted by Crippen LogP contribution is 2.43. The van der Waals surface area contributed by atoms with E-state index in [4.69, 9.17) is 16.6 Å². The minimum atomic E-state index is -1.05. The topological polar surface area (TPSA) is 141 Å². The highest BCUT2D eigenvalue weighted by Gasteiger charge is 2.33. The quantitative estimate of drug-likeness (QED) is 0.288. The molecule has 0 bridgehead atoms. The van der Waals surface area contributed by atoms with Gasteiger partial charge in [-0.2, -0.15) is 0 Å². The zero-order chi connectivity index (χ0) is 27.4. The monoisotopic (exact) mass is 560 g/mol. The van der Waals surface area contributed by atoms with Crippen LogP contribution < -0.4 is 14.9 Å². The van der Waals surface area contributed by atoms with Crippen LogP contribution in [-0.2, 0) is 6.42 Å². The van der Waals surface area contributed by atoms with Gasteiger partial charge in [0.25, 0.3) is 11.3 Å². The van der Waals surface area contributed by atoms with E-state index in [0.29, 0.717) is 16.2 Å². The van der Waals surface area contributed by atoms with Gasteiger partial charge >= 0.3 is 11.4 Å². The number of aromatic nitrogens is 1. The Kier molecular flexibility index (Phi) is 5.89. The van der Waals surface area contributed by atoms with E-state index in [2.05, 4.69) is 6.07 Å². The molecule has 0 radical (unpaired) electrons. The summed E-state index contributed by atoms with van der Waals surface area (Å²) in [4.78, 5) is 40.1. The lowest BCUT2D eigenvalue weighted by atomic mass is 9.83. The second-order valence-corrected chi connectivity index (χ2v) is 10.5. The minimum Gasteiger partial charge on any atom is -0.497 e. The lowest BCUT2D eigenvalue weighted by molar-refractivity contribution is -0.396. The van der Waals surface area contributed by atoms with Crippen LogP contribution in [0.5, 0.6) is 5.75 Å². The smallest absolute Gasteiger partial charge is 0.318 e. The predicted octanol–water partition coefficient (Wildman–Crippen LogP) is 4.49. The van der Waals surface area contributed by atoms with Gasteiger partial charge < -0.3 is 5.11 Å². The third kappa shape index (κ3) is 4.03. The fourth-order valence-corrected chi connectivity index (χ4v) is 6.37. The number of thiazole rings is 1. The molecular formula is C27H17ClN4O6S. The van der Waals surface area contributed by atoms with Gasteiger partial charge in [0, 0.05) is 22.7 Å². The van der Waals surface area contributed by atoms with Gasteiger partial charge in [-0.1, -0.05) is 65.4 Å². The van der Waals surface area contributed by atoms with Gasteiger partial charge in [-0.3, -0.25) is 29.6 Å². The number of aryl methyl sites for hydroxylation is 1. The van der Waals surface area contributed by atoms with Gasteiger partial charge in [0.1, 0.15) is 0 Å². The van der Waals surface area contributed by atoms with Crippen LogP contribution in [0.3, 0.4) is 0 Å². The number of hydrogen-bond donors (Lipinski definition) is 1. The fraction of sp³-hybridized carbons (Fsp3) is 0.111. The van der Waals surface area contributed by atoms with E-state index < -0.39 is 38.6 Å². The standard InChI is InChI=1S/C27H17ClN4O6S/c28-19-8-4-3-7-17(19)24-18-10-9-15-5-1-2-6-16(15)23(18)29-27-30(24)26(34)22(39-27)13-14-11-20(31(35)36)25(33)21(12-14)32(37)38/h1-8,11-13,24,33H,9-10H2/b22-13+/t24-/m0/s1. The summed E-state index contributed by atoms with van der Waals surface area (Å²) in [7, 11) is 0. The summed E-state index contributed by atoms with van der Waals surface area (Å²) in [6.45, 7) is 0. The van der Waals surface area contributed by atoms with Crippen LogP contribution in [0.25, 0.3) is 11.8 Å². The molecule has 39 heavy (non-hydrogen) atoms. The van der Waals surface area contributed by atoms with Crippen LogP contribution in [0.2, 0.25) is 5.02 Å². The van der Waals surface area contributed by atoms with Gasteiger partial charge in [-0.05, 0) is 47.2 Å². The Labute approximate surface area is 228 Å². The number of nitrogens with zero attached hydrogens (tertiary/aromatic N) is 4. The Bertz CT molecular complexity index is 1910. The number of hydrogen-bond acceptors (Lipinski definition) is 8. The summed E-state index contributed by atoms with van der Waals surface area (Å²) in [5.74, 6) is -1.05. The van der Waals surface area contributed by atoms with E-state index in [1.54, 1.807) is 10.6 Å². The average Bonchev–Trinajstić information content (AvgIpc) is 3.22. The average molecular weight is 561 g/mol. The van der Waals surface area contributed by atoms with Crippen molar-refractivity contribution in [1.82, 2.24) is 4.57 Å². The van der Waals surface area contributed by atoms with Crippen LogP contribution in [0.1, 0.15) is 34.7 Å². The molecule has 194 valence electrons. The molecule has 2 heterocycles. The Morgan fingerprint density at radius 2 is 1.69 bits per heavy atom. The lowest BCUT2D eigenvalue weighted by Gasteiger charge is -2.31. The number of allylic oxidation sites excluding steroid dienone is 1. The van der Waals surface area contributed by atoms with Crippen molar-refractivity contribution in [2.45, 2.75) is 18.9 Å². The Morgan fingerprint density at radius 3 is 2.38 bits per heavy atom. The fourth-order valence-electron chi connectivity index (χ4n) is 5.13. The molecule has 6 rings (SSSR count). The minimum absolute atomic E-state index is 0.0276. The maximum atomic E-state index is 13.8. The number of aromatic hydroxyl groups is 1. The molecule has 1 aliphatic carbocycles. The number of nitro groups is 2. The zero-order valence-electron chi connectivity index (χ0n) is 19.9. The van der Waals surface area contributed by atoms with Crippen molar-refractivity contribution in [3.8, 4) is 5.75 Å². The summed E-state index contributed by atoms with van der Waals surface area (Å²) >= 11 is 7.70. The maximum Gasteiger partial charge on any atom is 0.318 e. The van der Waals surface area contributed by atoms with Gasteiger partial charge in [-0.25, -0.2) is 4.99 Å². The van der Waals surface area contributed by atoms with Crippen LogP contribution >= 0.6 is 22.9 Å². The molecule has 0 saturated carbocycles. The van der Waals surface area contributed by atoms with E-state index in [1.807, 2.05) is 36.4 Å². The molecule has 1 atom stereocenters. The summed E-state index contributed by atoms with van der Waals surface area (Å²) in [6, 6.07) is 16.7. The van der Waals surface area contributed by atoms with Crippen LogP contribution in [0, 0.1) is 20.2 Å². The van der Waals surface area contributed by atoms with E-state index in [-0.39, 0.29) is 10.1 Å². The van der Waals surface area contributed by atoms with Crippen molar-refractivity contribution in [3.63, 3.8) is 0 Å². The number of benzene rings is 3. The molecule has 10 nitrogen and oxygen atoms in total. The number of halogens is 1. The third-order valence-electron chi connectivity index (χ3n) is 6.86. The SMILES string of the molecule is O=c1/c(=C\c2cc([N+](=O)[O-])c(O)c([N+](=O)[O-])c2)sc2n1[C@@H](c1ccccc1Cl)C1=C(N=2)c2ccccc2CC1. The number of fused-ring (bicyclic) bond motifs is 3. The van der Waals surface area contributed by atoms with Crippen molar-refractivity contribution >= 4 is 46.1 Å². The van der Waals surface area contributed by atoms with Crippen LogP contribution in [0.4, 0.5) is 11.4 Å². The van der Waals surface area contributed by atoms with Crippen molar-refractivity contribution in [3.05, 3.63) is 133 Å². The Balaban J connectivity index is 1.63. The Hall–Kier alpha value is -4.61. The normalized spacial score (nSPS) is 16.2. The van der Waals surface area contributed by atoms with Gasteiger partial charge in [-0.15, -0.1) is 0 Å². The van der Waals surface area contributed by atoms with Crippen molar-refractivity contribution in [2.75, 3.05) is 0 Å². The second kappa shape index (κ2) is 9.29.